The molecule has 0 aliphatic heterocycles. The van der Waals surface area contributed by atoms with Gasteiger partial charge in [0.25, 0.3) is 0 Å². The fourth-order valence-corrected chi connectivity index (χ4v) is 1.50. The van der Waals surface area contributed by atoms with Gasteiger partial charge in [0.1, 0.15) is 11.3 Å². The molecular formula is C13H13NO4. The molecule has 5 nitrogen and oxygen atoms in total. The van der Waals surface area contributed by atoms with Crippen LogP contribution in [0.4, 0.5) is 0 Å². The lowest BCUT2D eigenvalue weighted by Crippen LogP contribution is -2.26. The van der Waals surface area contributed by atoms with E-state index >= 15 is 0 Å². The number of likely N-dealkylation sites (N-methyl/N-ethyl adjacent to an activating group) is 1. The molecule has 0 aliphatic rings. The van der Waals surface area contributed by atoms with Crippen LogP contribution in [0.25, 0.3) is 11.0 Å². The number of hydrogen-bond donors (Lipinski definition) is 1. The van der Waals surface area contributed by atoms with Crippen molar-refractivity contribution in [2.75, 3.05) is 13.1 Å². The smallest absolute Gasteiger partial charge is 0.336 e. The zero-order chi connectivity index (χ0) is 13.0. The van der Waals surface area contributed by atoms with E-state index in [1.165, 1.54) is 12.1 Å². The van der Waals surface area contributed by atoms with Crippen LogP contribution in [0.1, 0.15) is 6.92 Å². The summed E-state index contributed by atoms with van der Waals surface area (Å²) in [5.74, 6) is -0.0192. The summed E-state index contributed by atoms with van der Waals surface area (Å²) < 4.78 is 10.1. The Balaban J connectivity index is 2.19. The summed E-state index contributed by atoms with van der Waals surface area (Å²) in [6.07, 6.45) is 0. The van der Waals surface area contributed by atoms with Crippen molar-refractivity contribution in [1.82, 2.24) is 5.32 Å². The quantitative estimate of drug-likeness (QED) is 0.501. The molecule has 1 heterocycles. The second kappa shape index (κ2) is 5.46. The van der Waals surface area contributed by atoms with E-state index in [0.717, 1.165) is 5.39 Å². The monoisotopic (exact) mass is 247 g/mol. The minimum absolute atomic E-state index is 0.146. The molecule has 0 bridgehead atoms. The van der Waals surface area contributed by atoms with Crippen molar-refractivity contribution in [1.29, 1.82) is 0 Å². The van der Waals surface area contributed by atoms with E-state index in [1.54, 1.807) is 18.2 Å². The Morgan fingerprint density at radius 1 is 1.33 bits per heavy atom. The van der Waals surface area contributed by atoms with Gasteiger partial charge in [0, 0.05) is 17.5 Å². The van der Waals surface area contributed by atoms with E-state index < -0.39 is 5.63 Å². The number of nitrogens with one attached hydrogen (secondary N) is 1. The molecule has 0 fully saturated rings. The molecule has 0 saturated heterocycles. The summed E-state index contributed by atoms with van der Waals surface area (Å²) >= 11 is 0. The molecule has 1 aromatic heterocycles. The third-order valence-electron chi connectivity index (χ3n) is 2.35. The molecule has 0 atom stereocenters. The van der Waals surface area contributed by atoms with Gasteiger partial charge >= 0.3 is 11.6 Å². The minimum atomic E-state index is -0.432. The first-order valence-electron chi connectivity index (χ1n) is 5.64. The average molecular weight is 247 g/mol. The number of rotatable bonds is 4. The van der Waals surface area contributed by atoms with Gasteiger partial charge in [-0.1, -0.05) is 6.92 Å². The molecule has 2 rings (SSSR count). The summed E-state index contributed by atoms with van der Waals surface area (Å²) in [7, 11) is 0. The summed E-state index contributed by atoms with van der Waals surface area (Å²) in [5.41, 5.74) is -0.0325. The van der Waals surface area contributed by atoms with E-state index in [9.17, 15) is 9.59 Å². The van der Waals surface area contributed by atoms with Crippen LogP contribution in [-0.4, -0.2) is 19.1 Å². The van der Waals surface area contributed by atoms with E-state index in [1.807, 2.05) is 6.92 Å². The summed E-state index contributed by atoms with van der Waals surface area (Å²) in [5, 5.41) is 3.65. The Bertz CT molecular complexity index is 618. The van der Waals surface area contributed by atoms with Gasteiger partial charge in [-0.3, -0.25) is 4.79 Å². The van der Waals surface area contributed by atoms with Gasteiger partial charge in [-0.25, -0.2) is 4.79 Å². The number of fused-ring (bicyclic) bond motifs is 1. The van der Waals surface area contributed by atoms with Gasteiger partial charge in [-0.05, 0) is 24.7 Å². The number of carbonyl (C=O) groups is 1. The number of ether oxygens (including phenoxy) is 1. The zero-order valence-electron chi connectivity index (χ0n) is 9.93. The van der Waals surface area contributed by atoms with E-state index in [2.05, 4.69) is 5.32 Å². The maximum atomic E-state index is 11.4. The maximum Gasteiger partial charge on any atom is 0.336 e. The van der Waals surface area contributed by atoms with Crippen LogP contribution in [0, 0.1) is 0 Å². The minimum Gasteiger partial charge on any atom is -0.425 e. The fraction of sp³-hybridized carbons (Fsp3) is 0.231. The molecule has 0 amide bonds. The molecule has 1 N–H and O–H groups in total. The highest BCUT2D eigenvalue weighted by Crippen LogP contribution is 2.19. The molecular weight excluding hydrogens is 234 g/mol. The Morgan fingerprint density at radius 3 is 2.89 bits per heavy atom. The SMILES string of the molecule is CCNCC(=O)Oc1ccc2ccc(=O)oc2c1. The summed E-state index contributed by atoms with van der Waals surface area (Å²) in [4.78, 5) is 22.5. The average Bonchev–Trinajstić information content (AvgIpc) is 2.36. The predicted molar refractivity (Wildman–Crippen MR) is 66.7 cm³/mol. The molecule has 0 unspecified atom stereocenters. The molecule has 0 aliphatic carbocycles. The van der Waals surface area contributed by atoms with Crippen LogP contribution >= 0.6 is 0 Å². The van der Waals surface area contributed by atoms with Gasteiger partial charge in [-0.15, -0.1) is 0 Å². The van der Waals surface area contributed by atoms with Crippen LogP contribution in [0.3, 0.4) is 0 Å². The molecule has 0 spiro atoms. The highest BCUT2D eigenvalue weighted by atomic mass is 16.5. The molecule has 0 saturated carbocycles. The van der Waals surface area contributed by atoms with Crippen molar-refractivity contribution in [3.63, 3.8) is 0 Å². The van der Waals surface area contributed by atoms with Crippen molar-refractivity contribution in [2.24, 2.45) is 0 Å². The van der Waals surface area contributed by atoms with Crippen molar-refractivity contribution in [2.45, 2.75) is 6.92 Å². The van der Waals surface area contributed by atoms with Gasteiger partial charge in [0.2, 0.25) is 0 Å². The van der Waals surface area contributed by atoms with Crippen LogP contribution in [0.15, 0.2) is 39.5 Å². The third kappa shape index (κ3) is 2.95. The standard InChI is InChI=1S/C13H13NO4/c1-2-14-8-13(16)17-10-5-3-9-4-6-12(15)18-11(9)7-10/h3-7,14H,2,8H2,1H3. The molecule has 5 heteroatoms. The Hall–Kier alpha value is -2.14. The molecule has 2 aromatic rings. The molecule has 18 heavy (non-hydrogen) atoms. The largest absolute Gasteiger partial charge is 0.425 e. The Morgan fingerprint density at radius 2 is 2.11 bits per heavy atom. The van der Waals surface area contributed by atoms with Crippen LogP contribution in [0.5, 0.6) is 5.75 Å². The first-order valence-corrected chi connectivity index (χ1v) is 5.64. The number of carbonyl (C=O) groups excluding carboxylic acids is 1. The lowest BCUT2D eigenvalue weighted by Gasteiger charge is -2.05. The van der Waals surface area contributed by atoms with Crippen molar-refractivity contribution in [3.05, 3.63) is 40.8 Å². The van der Waals surface area contributed by atoms with E-state index in [-0.39, 0.29) is 12.5 Å². The molecule has 1 aromatic carbocycles. The maximum absolute atomic E-state index is 11.4. The van der Waals surface area contributed by atoms with E-state index in [4.69, 9.17) is 9.15 Å². The number of esters is 1. The Kier molecular flexibility index (Phi) is 3.74. The van der Waals surface area contributed by atoms with Crippen LogP contribution < -0.4 is 15.7 Å². The highest BCUT2D eigenvalue weighted by molar-refractivity contribution is 5.80. The van der Waals surface area contributed by atoms with Crippen LogP contribution in [-0.2, 0) is 4.79 Å². The summed E-state index contributed by atoms with van der Waals surface area (Å²) in [6, 6.07) is 7.92. The third-order valence-corrected chi connectivity index (χ3v) is 2.35. The summed E-state index contributed by atoms with van der Waals surface area (Å²) in [6.45, 7) is 2.74. The lowest BCUT2D eigenvalue weighted by atomic mass is 10.2. The van der Waals surface area contributed by atoms with Crippen LogP contribution in [0.2, 0.25) is 0 Å². The normalized spacial score (nSPS) is 10.5. The lowest BCUT2D eigenvalue weighted by molar-refractivity contribution is -0.133. The topological polar surface area (TPSA) is 68.5 Å². The van der Waals surface area contributed by atoms with Gasteiger partial charge in [0.05, 0.1) is 6.54 Å². The first kappa shape index (κ1) is 12.3. The highest BCUT2D eigenvalue weighted by Gasteiger charge is 2.05. The predicted octanol–water partition coefficient (Wildman–Crippen LogP) is 1.31. The van der Waals surface area contributed by atoms with Crippen molar-refractivity contribution >= 4 is 16.9 Å². The zero-order valence-corrected chi connectivity index (χ0v) is 9.93. The second-order valence-corrected chi connectivity index (χ2v) is 3.71. The fourth-order valence-electron chi connectivity index (χ4n) is 1.50. The number of benzene rings is 1. The number of hydrogen-bond acceptors (Lipinski definition) is 5. The first-order chi connectivity index (χ1) is 8.69. The Labute approximate surface area is 103 Å². The van der Waals surface area contributed by atoms with Gasteiger partial charge < -0.3 is 14.5 Å². The van der Waals surface area contributed by atoms with Gasteiger partial charge in [-0.2, -0.15) is 0 Å². The van der Waals surface area contributed by atoms with Gasteiger partial charge in [0.15, 0.2) is 0 Å². The second-order valence-electron chi connectivity index (χ2n) is 3.71. The molecule has 94 valence electrons. The van der Waals surface area contributed by atoms with Crippen molar-refractivity contribution in [3.8, 4) is 5.75 Å². The van der Waals surface area contributed by atoms with Crippen molar-refractivity contribution < 1.29 is 13.9 Å². The molecule has 0 radical (unpaired) electrons. The van der Waals surface area contributed by atoms with E-state index in [0.29, 0.717) is 17.9 Å².